The molecule has 0 atom stereocenters. The summed E-state index contributed by atoms with van der Waals surface area (Å²) < 4.78 is 6.96. The SMILES string of the molecule is COCCN(Cc1cnn(C)c1)C(=O)Cc1c(C)[nH]c2c(C)ccc(C)c12. The fourth-order valence-electron chi connectivity index (χ4n) is 3.56. The van der Waals surface area contributed by atoms with Crippen LogP contribution in [-0.2, 0) is 29.5 Å². The van der Waals surface area contributed by atoms with E-state index in [0.717, 1.165) is 22.3 Å². The van der Waals surface area contributed by atoms with Crippen molar-refractivity contribution in [2.45, 2.75) is 33.7 Å². The molecule has 0 saturated heterocycles. The second-order valence-electron chi connectivity index (χ2n) is 7.19. The number of aromatic nitrogens is 3. The molecule has 3 aromatic rings. The van der Waals surface area contributed by atoms with Crippen molar-refractivity contribution >= 4 is 16.8 Å². The molecule has 144 valence electrons. The lowest BCUT2D eigenvalue weighted by molar-refractivity contribution is -0.131. The molecular weight excluding hydrogens is 340 g/mol. The molecule has 1 N–H and O–H groups in total. The molecule has 0 spiro atoms. The van der Waals surface area contributed by atoms with E-state index in [9.17, 15) is 4.79 Å². The largest absolute Gasteiger partial charge is 0.383 e. The number of hydrogen-bond acceptors (Lipinski definition) is 3. The van der Waals surface area contributed by atoms with Crippen molar-refractivity contribution in [1.29, 1.82) is 0 Å². The lowest BCUT2D eigenvalue weighted by atomic mass is 10.0. The highest BCUT2D eigenvalue weighted by molar-refractivity contribution is 5.93. The molecular formula is C21H28N4O2. The Bertz CT molecular complexity index is 955. The van der Waals surface area contributed by atoms with Crippen molar-refractivity contribution in [2.75, 3.05) is 20.3 Å². The predicted octanol–water partition coefficient (Wildman–Crippen LogP) is 3.04. The molecule has 3 rings (SSSR count). The van der Waals surface area contributed by atoms with Crippen LogP contribution in [-0.4, -0.2) is 45.8 Å². The molecule has 0 fully saturated rings. The second-order valence-corrected chi connectivity index (χ2v) is 7.19. The number of ether oxygens (including phenoxy) is 1. The monoisotopic (exact) mass is 368 g/mol. The first-order valence-corrected chi connectivity index (χ1v) is 9.22. The van der Waals surface area contributed by atoms with Gasteiger partial charge >= 0.3 is 0 Å². The number of nitrogens with zero attached hydrogens (tertiary/aromatic N) is 3. The van der Waals surface area contributed by atoms with Gasteiger partial charge in [0.05, 0.1) is 19.2 Å². The average molecular weight is 368 g/mol. The topological polar surface area (TPSA) is 63.1 Å². The third kappa shape index (κ3) is 4.06. The van der Waals surface area contributed by atoms with Crippen LogP contribution in [0.2, 0.25) is 0 Å². The lowest BCUT2D eigenvalue weighted by Gasteiger charge is -2.22. The molecule has 1 aromatic carbocycles. The zero-order chi connectivity index (χ0) is 19.6. The Hall–Kier alpha value is -2.60. The summed E-state index contributed by atoms with van der Waals surface area (Å²) in [4.78, 5) is 18.5. The highest BCUT2D eigenvalue weighted by Gasteiger charge is 2.20. The van der Waals surface area contributed by atoms with Crippen molar-refractivity contribution in [3.63, 3.8) is 0 Å². The van der Waals surface area contributed by atoms with Gasteiger partial charge in [0.2, 0.25) is 5.91 Å². The summed E-state index contributed by atoms with van der Waals surface area (Å²) in [5.74, 6) is 0.0980. The summed E-state index contributed by atoms with van der Waals surface area (Å²) >= 11 is 0. The molecule has 27 heavy (non-hydrogen) atoms. The molecule has 0 bridgehead atoms. The van der Waals surface area contributed by atoms with Gasteiger partial charge in [-0.25, -0.2) is 0 Å². The summed E-state index contributed by atoms with van der Waals surface area (Å²) in [6, 6.07) is 4.24. The minimum atomic E-state index is 0.0980. The van der Waals surface area contributed by atoms with Crippen molar-refractivity contribution < 1.29 is 9.53 Å². The molecule has 2 heterocycles. The van der Waals surface area contributed by atoms with Gasteiger partial charge in [-0.3, -0.25) is 9.48 Å². The number of nitrogens with one attached hydrogen (secondary N) is 1. The van der Waals surface area contributed by atoms with Crippen LogP contribution in [0.25, 0.3) is 10.9 Å². The maximum Gasteiger partial charge on any atom is 0.227 e. The smallest absolute Gasteiger partial charge is 0.227 e. The van der Waals surface area contributed by atoms with E-state index in [1.54, 1.807) is 18.0 Å². The third-order valence-electron chi connectivity index (χ3n) is 5.07. The van der Waals surface area contributed by atoms with Crippen molar-refractivity contribution in [1.82, 2.24) is 19.7 Å². The molecule has 0 aliphatic rings. The number of methoxy groups -OCH3 is 1. The van der Waals surface area contributed by atoms with Gasteiger partial charge < -0.3 is 14.6 Å². The normalized spacial score (nSPS) is 11.3. The number of carbonyl (C=O) groups excluding carboxylic acids is 1. The molecule has 0 radical (unpaired) electrons. The van der Waals surface area contributed by atoms with Gasteiger partial charge in [-0.1, -0.05) is 12.1 Å². The van der Waals surface area contributed by atoms with E-state index in [0.29, 0.717) is 26.1 Å². The van der Waals surface area contributed by atoms with E-state index >= 15 is 0 Å². The first kappa shape index (κ1) is 19.2. The number of benzene rings is 1. The maximum absolute atomic E-state index is 13.1. The fraction of sp³-hybridized carbons (Fsp3) is 0.429. The van der Waals surface area contributed by atoms with E-state index < -0.39 is 0 Å². The van der Waals surface area contributed by atoms with Crippen LogP contribution in [0.4, 0.5) is 0 Å². The predicted molar refractivity (Wildman–Crippen MR) is 107 cm³/mol. The zero-order valence-electron chi connectivity index (χ0n) is 16.8. The molecule has 0 aliphatic heterocycles. The quantitative estimate of drug-likeness (QED) is 0.697. The minimum absolute atomic E-state index is 0.0980. The number of fused-ring (bicyclic) bond motifs is 1. The third-order valence-corrected chi connectivity index (χ3v) is 5.07. The molecule has 0 unspecified atom stereocenters. The van der Waals surface area contributed by atoms with Crippen LogP contribution in [0.5, 0.6) is 0 Å². The Labute approximate surface area is 160 Å². The number of hydrogen-bond donors (Lipinski definition) is 1. The molecule has 0 saturated carbocycles. The second kappa shape index (κ2) is 7.96. The van der Waals surface area contributed by atoms with E-state index in [4.69, 9.17) is 4.74 Å². The number of rotatable bonds is 7. The highest BCUT2D eigenvalue weighted by atomic mass is 16.5. The number of aromatic amines is 1. The first-order chi connectivity index (χ1) is 12.9. The molecule has 1 amide bonds. The van der Waals surface area contributed by atoms with Crippen LogP contribution in [0.3, 0.4) is 0 Å². The van der Waals surface area contributed by atoms with E-state index in [1.165, 1.54) is 16.5 Å². The summed E-state index contributed by atoms with van der Waals surface area (Å²) in [6.45, 7) is 7.84. The van der Waals surface area contributed by atoms with Gasteiger partial charge in [0.25, 0.3) is 0 Å². The number of aryl methyl sites for hydroxylation is 4. The number of H-pyrrole nitrogens is 1. The van der Waals surface area contributed by atoms with Crippen LogP contribution < -0.4 is 0 Å². The van der Waals surface area contributed by atoms with Crippen LogP contribution in [0.15, 0.2) is 24.5 Å². The first-order valence-electron chi connectivity index (χ1n) is 9.22. The Kier molecular flexibility index (Phi) is 5.65. The van der Waals surface area contributed by atoms with Gasteiger partial charge in [0.1, 0.15) is 0 Å². The number of amides is 1. The fourth-order valence-corrected chi connectivity index (χ4v) is 3.56. The molecule has 0 aliphatic carbocycles. The van der Waals surface area contributed by atoms with Gasteiger partial charge in [-0.05, 0) is 37.5 Å². The molecule has 6 nitrogen and oxygen atoms in total. The van der Waals surface area contributed by atoms with Crippen molar-refractivity contribution in [3.8, 4) is 0 Å². The lowest BCUT2D eigenvalue weighted by Crippen LogP contribution is -2.34. The Morgan fingerprint density at radius 3 is 2.67 bits per heavy atom. The maximum atomic E-state index is 13.1. The Morgan fingerprint density at radius 2 is 2.00 bits per heavy atom. The minimum Gasteiger partial charge on any atom is -0.383 e. The van der Waals surface area contributed by atoms with E-state index in [1.807, 2.05) is 25.1 Å². The Morgan fingerprint density at radius 1 is 1.26 bits per heavy atom. The summed E-state index contributed by atoms with van der Waals surface area (Å²) in [5, 5.41) is 5.38. The average Bonchev–Trinajstić information content (AvgIpc) is 3.19. The standard InChI is InChI=1S/C21H28N4O2/c1-14-6-7-15(2)21-20(14)18(16(3)23-21)10-19(26)25(8-9-27-5)13-17-11-22-24(4)12-17/h6-7,11-12,23H,8-10,13H2,1-5H3. The van der Waals surface area contributed by atoms with Crippen LogP contribution in [0.1, 0.15) is 27.9 Å². The zero-order valence-corrected chi connectivity index (χ0v) is 16.8. The van der Waals surface area contributed by atoms with Gasteiger partial charge in [-0.2, -0.15) is 5.10 Å². The van der Waals surface area contributed by atoms with Gasteiger partial charge in [-0.15, -0.1) is 0 Å². The van der Waals surface area contributed by atoms with Crippen molar-refractivity contribution in [3.05, 3.63) is 52.5 Å². The number of carbonyl (C=O) groups is 1. The Balaban J connectivity index is 1.88. The molecule has 6 heteroatoms. The van der Waals surface area contributed by atoms with Gasteiger partial charge in [0, 0.05) is 55.6 Å². The highest BCUT2D eigenvalue weighted by Crippen LogP contribution is 2.28. The van der Waals surface area contributed by atoms with E-state index in [-0.39, 0.29) is 5.91 Å². The summed E-state index contributed by atoms with van der Waals surface area (Å²) in [5.41, 5.74) is 6.69. The van der Waals surface area contributed by atoms with E-state index in [2.05, 4.69) is 36.1 Å². The van der Waals surface area contributed by atoms with Crippen LogP contribution >= 0.6 is 0 Å². The molecule has 2 aromatic heterocycles. The summed E-state index contributed by atoms with van der Waals surface area (Å²) in [7, 11) is 3.54. The van der Waals surface area contributed by atoms with Gasteiger partial charge in [0.15, 0.2) is 0 Å². The van der Waals surface area contributed by atoms with Crippen LogP contribution in [0, 0.1) is 20.8 Å². The summed E-state index contributed by atoms with van der Waals surface area (Å²) in [6.07, 6.45) is 4.12. The van der Waals surface area contributed by atoms with Crippen molar-refractivity contribution in [2.24, 2.45) is 7.05 Å².